The van der Waals surface area contributed by atoms with Crippen molar-refractivity contribution in [2.24, 2.45) is 17.3 Å². The van der Waals surface area contributed by atoms with E-state index in [0.29, 0.717) is 17.3 Å². The summed E-state index contributed by atoms with van der Waals surface area (Å²) < 4.78 is 0. The van der Waals surface area contributed by atoms with Gasteiger partial charge in [0.25, 0.3) is 0 Å². The minimum absolute atomic E-state index is 0.362. The molecule has 0 aromatic heterocycles. The standard InChI is InChI=1S/C17H32S/c1-7-8-9-10-11-16(17(4,5)6)14-18-13-12-15(2)3/h10-13,15-16H,7-9,14H2,1-6H3. The van der Waals surface area contributed by atoms with E-state index in [9.17, 15) is 0 Å². The first-order valence-corrected chi connectivity index (χ1v) is 8.37. The largest absolute Gasteiger partial charge is 0.134 e. The summed E-state index contributed by atoms with van der Waals surface area (Å²) in [5, 5.41) is 2.27. The SMILES string of the molecule is CCCCC=CC(CSC=CC(C)C)C(C)(C)C. The molecule has 0 radical (unpaired) electrons. The molecule has 0 aromatic rings. The highest BCUT2D eigenvalue weighted by Gasteiger charge is 2.21. The lowest BCUT2D eigenvalue weighted by atomic mass is 9.81. The maximum atomic E-state index is 2.44. The van der Waals surface area contributed by atoms with Crippen molar-refractivity contribution in [2.75, 3.05) is 5.75 Å². The molecule has 0 aliphatic rings. The molecule has 0 aliphatic carbocycles. The van der Waals surface area contributed by atoms with Gasteiger partial charge in [0.05, 0.1) is 0 Å². The van der Waals surface area contributed by atoms with Crippen LogP contribution in [0.25, 0.3) is 0 Å². The summed E-state index contributed by atoms with van der Waals surface area (Å²) in [6.07, 6.45) is 10.9. The van der Waals surface area contributed by atoms with Gasteiger partial charge in [-0.2, -0.15) is 0 Å². The summed E-state index contributed by atoms with van der Waals surface area (Å²) in [4.78, 5) is 0. The Balaban J connectivity index is 4.21. The van der Waals surface area contributed by atoms with Gasteiger partial charge >= 0.3 is 0 Å². The molecule has 0 amide bonds. The molecule has 106 valence electrons. The monoisotopic (exact) mass is 268 g/mol. The number of thioether (sulfide) groups is 1. The molecule has 0 aliphatic heterocycles. The van der Waals surface area contributed by atoms with Gasteiger partial charge < -0.3 is 0 Å². The van der Waals surface area contributed by atoms with Gasteiger partial charge in [0, 0.05) is 5.75 Å². The Bertz CT molecular complexity index is 243. The van der Waals surface area contributed by atoms with Crippen molar-refractivity contribution in [1.29, 1.82) is 0 Å². The first kappa shape index (κ1) is 17.8. The zero-order valence-corrected chi connectivity index (χ0v) is 14.0. The van der Waals surface area contributed by atoms with Crippen LogP contribution in [0, 0.1) is 17.3 Å². The highest BCUT2D eigenvalue weighted by Crippen LogP contribution is 2.30. The molecular weight excluding hydrogens is 236 g/mol. The first-order chi connectivity index (χ1) is 8.38. The second-order valence-electron chi connectivity index (χ2n) is 6.45. The van der Waals surface area contributed by atoms with Gasteiger partial charge in [-0.1, -0.05) is 72.6 Å². The molecule has 0 saturated heterocycles. The Morgan fingerprint density at radius 3 is 2.28 bits per heavy atom. The number of hydrogen-bond acceptors (Lipinski definition) is 1. The third kappa shape index (κ3) is 9.82. The van der Waals surface area contributed by atoms with E-state index in [1.165, 1.54) is 25.0 Å². The third-order valence-corrected chi connectivity index (χ3v) is 3.94. The van der Waals surface area contributed by atoms with Crippen LogP contribution in [0.3, 0.4) is 0 Å². The van der Waals surface area contributed by atoms with Gasteiger partial charge in [0.1, 0.15) is 0 Å². The summed E-state index contributed by atoms with van der Waals surface area (Å²) in [7, 11) is 0. The van der Waals surface area contributed by atoms with Crippen LogP contribution in [-0.4, -0.2) is 5.75 Å². The maximum absolute atomic E-state index is 2.44. The second-order valence-corrected chi connectivity index (χ2v) is 7.39. The van der Waals surface area contributed by atoms with Gasteiger partial charge in [-0.05, 0) is 29.1 Å². The lowest BCUT2D eigenvalue weighted by Crippen LogP contribution is -2.20. The predicted molar refractivity (Wildman–Crippen MR) is 88.0 cm³/mol. The molecule has 1 unspecified atom stereocenters. The van der Waals surface area contributed by atoms with E-state index in [-0.39, 0.29) is 0 Å². The molecule has 0 rings (SSSR count). The lowest BCUT2D eigenvalue weighted by Gasteiger charge is -2.27. The Morgan fingerprint density at radius 2 is 1.78 bits per heavy atom. The van der Waals surface area contributed by atoms with E-state index < -0.39 is 0 Å². The Hall–Kier alpha value is -0.170. The summed E-state index contributed by atoms with van der Waals surface area (Å²) >= 11 is 1.95. The molecule has 1 heteroatoms. The van der Waals surface area contributed by atoms with E-state index in [1.807, 2.05) is 11.8 Å². The quantitative estimate of drug-likeness (QED) is 0.368. The fourth-order valence-corrected chi connectivity index (χ4v) is 2.90. The predicted octanol–water partition coefficient (Wildman–Crippen LogP) is 6.30. The molecule has 18 heavy (non-hydrogen) atoms. The van der Waals surface area contributed by atoms with Crippen LogP contribution in [0.15, 0.2) is 23.6 Å². The van der Waals surface area contributed by atoms with Crippen molar-refractivity contribution in [1.82, 2.24) is 0 Å². The number of rotatable bonds is 8. The zero-order valence-electron chi connectivity index (χ0n) is 13.2. The van der Waals surface area contributed by atoms with Crippen molar-refractivity contribution >= 4 is 11.8 Å². The molecule has 0 bridgehead atoms. The van der Waals surface area contributed by atoms with E-state index in [1.54, 1.807) is 0 Å². The third-order valence-electron chi connectivity index (χ3n) is 3.04. The van der Waals surface area contributed by atoms with Gasteiger partial charge in [-0.15, -0.1) is 11.8 Å². The molecule has 0 nitrogen and oxygen atoms in total. The smallest absolute Gasteiger partial charge is 0.00420 e. The van der Waals surface area contributed by atoms with Crippen molar-refractivity contribution in [2.45, 2.75) is 60.8 Å². The van der Waals surface area contributed by atoms with Crippen LogP contribution in [0.1, 0.15) is 60.8 Å². The van der Waals surface area contributed by atoms with E-state index in [2.05, 4.69) is 65.2 Å². The summed E-state index contributed by atoms with van der Waals surface area (Å²) in [5.74, 6) is 2.51. The van der Waals surface area contributed by atoms with Gasteiger partial charge in [-0.3, -0.25) is 0 Å². The summed E-state index contributed by atoms with van der Waals surface area (Å²) in [5.41, 5.74) is 0.362. The Morgan fingerprint density at radius 1 is 1.11 bits per heavy atom. The van der Waals surface area contributed by atoms with Crippen molar-refractivity contribution in [3.63, 3.8) is 0 Å². The van der Waals surface area contributed by atoms with Gasteiger partial charge in [0.2, 0.25) is 0 Å². The Labute approximate surface area is 119 Å². The lowest BCUT2D eigenvalue weighted by molar-refractivity contribution is 0.319. The van der Waals surface area contributed by atoms with E-state index in [4.69, 9.17) is 0 Å². The molecule has 0 spiro atoms. The topological polar surface area (TPSA) is 0 Å². The van der Waals surface area contributed by atoms with Crippen LogP contribution < -0.4 is 0 Å². The molecule has 0 N–H and O–H groups in total. The van der Waals surface area contributed by atoms with Crippen LogP contribution >= 0.6 is 11.8 Å². The molecule has 1 atom stereocenters. The van der Waals surface area contributed by atoms with Crippen molar-refractivity contribution < 1.29 is 0 Å². The summed E-state index contributed by atoms with van der Waals surface area (Å²) in [6.45, 7) is 13.7. The van der Waals surface area contributed by atoms with Crippen LogP contribution in [-0.2, 0) is 0 Å². The number of unbranched alkanes of at least 4 members (excludes halogenated alkanes) is 2. The second kappa shape index (κ2) is 9.72. The zero-order chi connectivity index (χ0) is 14.0. The van der Waals surface area contributed by atoms with Crippen molar-refractivity contribution in [3.05, 3.63) is 23.6 Å². The minimum Gasteiger partial charge on any atom is -0.134 e. The normalized spacial score (nSPS) is 15.1. The van der Waals surface area contributed by atoms with Gasteiger partial charge in [-0.25, -0.2) is 0 Å². The molecular formula is C17H32S. The van der Waals surface area contributed by atoms with Crippen LogP contribution in [0.5, 0.6) is 0 Å². The van der Waals surface area contributed by atoms with Crippen LogP contribution in [0.4, 0.5) is 0 Å². The Kier molecular flexibility index (Phi) is 9.63. The molecule has 0 aromatic carbocycles. The molecule has 0 saturated carbocycles. The fraction of sp³-hybridized carbons (Fsp3) is 0.765. The average Bonchev–Trinajstić information content (AvgIpc) is 2.24. The number of allylic oxidation sites excluding steroid dienone is 3. The van der Waals surface area contributed by atoms with E-state index >= 15 is 0 Å². The number of hydrogen-bond donors (Lipinski definition) is 0. The minimum atomic E-state index is 0.362. The maximum Gasteiger partial charge on any atom is 0.00420 e. The molecule has 0 fully saturated rings. The highest BCUT2D eigenvalue weighted by molar-refractivity contribution is 8.02. The van der Waals surface area contributed by atoms with Crippen LogP contribution in [0.2, 0.25) is 0 Å². The average molecular weight is 269 g/mol. The molecule has 0 heterocycles. The highest BCUT2D eigenvalue weighted by atomic mass is 32.2. The fourth-order valence-electron chi connectivity index (χ4n) is 1.55. The first-order valence-electron chi connectivity index (χ1n) is 7.32. The van der Waals surface area contributed by atoms with Gasteiger partial charge in [0.15, 0.2) is 0 Å². The van der Waals surface area contributed by atoms with E-state index in [0.717, 1.165) is 0 Å². The van der Waals surface area contributed by atoms with Crippen molar-refractivity contribution in [3.8, 4) is 0 Å². The summed E-state index contributed by atoms with van der Waals surface area (Å²) in [6, 6.07) is 0.